The monoisotopic (exact) mass is 310 g/mol. The predicted molar refractivity (Wildman–Crippen MR) is 99.4 cm³/mol. The zero-order valence-electron chi connectivity index (χ0n) is 15.6. The molecule has 0 saturated heterocycles. The molecular weight excluding hydrogens is 272 g/mol. The summed E-state index contributed by atoms with van der Waals surface area (Å²) in [6, 6.07) is 3.72. The largest absolute Gasteiger partial charge is 0.411 e. The van der Waals surface area contributed by atoms with Gasteiger partial charge in [0, 0.05) is 0 Å². The Morgan fingerprint density at radius 1 is 1.00 bits per heavy atom. The third-order valence-corrected chi connectivity index (χ3v) is 9.14. The molecule has 0 saturated carbocycles. The molecule has 0 aromatic heterocycles. The van der Waals surface area contributed by atoms with Crippen LogP contribution in [-0.2, 0) is 4.43 Å². The highest BCUT2D eigenvalue weighted by Crippen LogP contribution is 2.26. The highest BCUT2D eigenvalue weighted by Gasteiger charge is 2.31. The molecule has 21 heavy (non-hydrogen) atoms. The van der Waals surface area contributed by atoms with Gasteiger partial charge in [0.2, 0.25) is 0 Å². The van der Waals surface area contributed by atoms with Crippen molar-refractivity contribution < 1.29 is 4.43 Å². The lowest BCUT2D eigenvalue weighted by atomic mass is 10.1. The fraction of sp³-hybridized carbons (Fsp3) is 0.789. The van der Waals surface area contributed by atoms with Crippen LogP contribution in [0, 0.1) is 0 Å². The topological polar surface area (TPSA) is 9.23 Å². The van der Waals surface area contributed by atoms with Crippen LogP contribution in [0.5, 0.6) is 0 Å². The summed E-state index contributed by atoms with van der Waals surface area (Å²) in [6.07, 6.45) is 9.75. The Balaban J connectivity index is 4.76. The predicted octanol–water partition coefficient (Wildman–Crippen LogP) is 6.87. The lowest BCUT2D eigenvalue weighted by molar-refractivity contribution is 0.220. The first kappa shape index (κ1) is 20.7. The normalized spacial score (nSPS) is 14.1. The zero-order valence-corrected chi connectivity index (χ0v) is 16.6. The third kappa shape index (κ3) is 8.62. The zero-order chi connectivity index (χ0) is 16.3. The average molecular weight is 311 g/mol. The first-order valence-electron chi connectivity index (χ1n) is 8.91. The molecule has 124 valence electrons. The van der Waals surface area contributed by atoms with Crippen molar-refractivity contribution in [3.8, 4) is 0 Å². The number of hydrogen-bond acceptors (Lipinski definition) is 1. The van der Waals surface area contributed by atoms with Crippen molar-refractivity contribution in [3.05, 3.63) is 23.3 Å². The van der Waals surface area contributed by atoms with Gasteiger partial charge in [-0.15, -0.1) is 0 Å². The van der Waals surface area contributed by atoms with E-state index in [0.29, 0.717) is 6.10 Å². The van der Waals surface area contributed by atoms with Crippen molar-refractivity contribution in [2.75, 3.05) is 0 Å². The minimum atomic E-state index is -1.49. The summed E-state index contributed by atoms with van der Waals surface area (Å²) in [5, 5.41) is 0. The van der Waals surface area contributed by atoms with E-state index in [2.05, 4.69) is 60.6 Å². The fourth-order valence-corrected chi connectivity index (χ4v) is 5.60. The van der Waals surface area contributed by atoms with E-state index < -0.39 is 8.32 Å². The summed E-state index contributed by atoms with van der Waals surface area (Å²) in [5.41, 5.74) is 2.90. The van der Waals surface area contributed by atoms with Crippen LogP contribution in [-0.4, -0.2) is 14.4 Å². The standard InChI is InChI=1S/C19H38OSi/c1-8-13-19(20-21(9-2,10-3)11-4)16-18(7)15-12-14-17(5)6/h14,16,19H,8-13,15H2,1-7H3/b18-16+. The maximum atomic E-state index is 6.67. The molecule has 0 heterocycles. The van der Waals surface area contributed by atoms with Crippen LogP contribution >= 0.6 is 0 Å². The molecule has 0 aromatic rings. The summed E-state index contributed by atoms with van der Waals surface area (Å²) in [6.45, 7) is 15.8. The Morgan fingerprint density at radius 3 is 2.00 bits per heavy atom. The van der Waals surface area contributed by atoms with Gasteiger partial charge in [-0.25, -0.2) is 0 Å². The van der Waals surface area contributed by atoms with E-state index in [1.54, 1.807) is 0 Å². The number of hydrogen-bond donors (Lipinski definition) is 0. The molecule has 0 radical (unpaired) electrons. The van der Waals surface area contributed by atoms with Gasteiger partial charge < -0.3 is 4.43 Å². The van der Waals surface area contributed by atoms with Crippen LogP contribution in [0.3, 0.4) is 0 Å². The second-order valence-corrected chi connectivity index (χ2v) is 11.2. The van der Waals surface area contributed by atoms with Crippen LogP contribution in [0.1, 0.15) is 74.1 Å². The Kier molecular flexibility index (Phi) is 11.1. The third-order valence-electron chi connectivity index (χ3n) is 4.47. The minimum Gasteiger partial charge on any atom is -0.411 e. The molecule has 1 nitrogen and oxygen atoms in total. The molecule has 0 aliphatic rings. The van der Waals surface area contributed by atoms with Crippen LogP contribution in [0.4, 0.5) is 0 Å². The van der Waals surface area contributed by atoms with E-state index in [1.807, 2.05) is 0 Å². The molecule has 1 atom stereocenters. The maximum absolute atomic E-state index is 6.67. The van der Waals surface area contributed by atoms with Gasteiger partial charge >= 0.3 is 0 Å². The SMILES string of the molecule is CCCC(/C=C(\C)CCC=C(C)C)O[Si](CC)(CC)CC. The minimum absolute atomic E-state index is 0.341. The maximum Gasteiger partial charge on any atom is 0.192 e. The molecule has 0 amide bonds. The van der Waals surface area contributed by atoms with Crippen LogP contribution in [0.25, 0.3) is 0 Å². The smallest absolute Gasteiger partial charge is 0.192 e. The lowest BCUT2D eigenvalue weighted by Gasteiger charge is -2.32. The van der Waals surface area contributed by atoms with Gasteiger partial charge in [0.15, 0.2) is 8.32 Å². The first-order chi connectivity index (χ1) is 9.92. The Morgan fingerprint density at radius 2 is 1.57 bits per heavy atom. The summed E-state index contributed by atoms with van der Waals surface area (Å²) >= 11 is 0. The number of allylic oxidation sites excluding steroid dienone is 3. The van der Waals surface area contributed by atoms with Crippen LogP contribution in [0.2, 0.25) is 18.1 Å². The summed E-state index contributed by atoms with van der Waals surface area (Å²) in [7, 11) is -1.49. The summed E-state index contributed by atoms with van der Waals surface area (Å²) in [4.78, 5) is 0. The second kappa shape index (κ2) is 11.3. The molecular formula is C19H38OSi. The fourth-order valence-electron chi connectivity index (χ4n) is 2.77. The molecule has 2 heteroatoms. The molecule has 1 unspecified atom stereocenters. The molecule has 0 aromatic carbocycles. The van der Waals surface area contributed by atoms with E-state index >= 15 is 0 Å². The van der Waals surface area contributed by atoms with E-state index in [0.717, 1.165) is 19.3 Å². The van der Waals surface area contributed by atoms with Crippen LogP contribution in [0.15, 0.2) is 23.3 Å². The van der Waals surface area contributed by atoms with Crippen molar-refractivity contribution in [2.45, 2.75) is 98.4 Å². The van der Waals surface area contributed by atoms with Crippen molar-refractivity contribution in [1.82, 2.24) is 0 Å². The van der Waals surface area contributed by atoms with E-state index in [-0.39, 0.29) is 0 Å². The van der Waals surface area contributed by atoms with Gasteiger partial charge in [-0.05, 0) is 58.2 Å². The van der Waals surface area contributed by atoms with Crippen molar-refractivity contribution >= 4 is 8.32 Å². The van der Waals surface area contributed by atoms with Crippen molar-refractivity contribution in [1.29, 1.82) is 0 Å². The Bertz CT molecular complexity index is 314. The first-order valence-corrected chi connectivity index (χ1v) is 11.4. The molecule has 0 spiro atoms. The molecule has 0 aliphatic carbocycles. The summed E-state index contributed by atoms with van der Waals surface area (Å²) < 4.78 is 6.67. The van der Waals surface area contributed by atoms with Gasteiger partial charge in [0.05, 0.1) is 6.10 Å². The average Bonchev–Trinajstić information content (AvgIpc) is 2.44. The van der Waals surface area contributed by atoms with Crippen molar-refractivity contribution in [2.24, 2.45) is 0 Å². The Labute approximate surface area is 135 Å². The van der Waals surface area contributed by atoms with E-state index in [1.165, 1.54) is 35.7 Å². The quantitative estimate of drug-likeness (QED) is 0.299. The lowest BCUT2D eigenvalue weighted by Crippen LogP contribution is -2.39. The summed E-state index contributed by atoms with van der Waals surface area (Å²) in [5.74, 6) is 0. The van der Waals surface area contributed by atoms with Gasteiger partial charge in [0.1, 0.15) is 0 Å². The highest BCUT2D eigenvalue weighted by molar-refractivity contribution is 6.73. The number of rotatable bonds is 11. The molecule has 0 N–H and O–H groups in total. The molecule has 0 fully saturated rings. The molecule has 0 rings (SSSR count). The van der Waals surface area contributed by atoms with Crippen molar-refractivity contribution in [3.63, 3.8) is 0 Å². The van der Waals surface area contributed by atoms with Gasteiger partial charge in [0.25, 0.3) is 0 Å². The van der Waals surface area contributed by atoms with Crippen LogP contribution < -0.4 is 0 Å². The molecule has 0 aliphatic heterocycles. The van der Waals surface area contributed by atoms with Gasteiger partial charge in [-0.1, -0.05) is 57.4 Å². The van der Waals surface area contributed by atoms with Gasteiger partial charge in [-0.2, -0.15) is 0 Å². The highest BCUT2D eigenvalue weighted by atomic mass is 28.4. The Hall–Kier alpha value is -0.343. The van der Waals surface area contributed by atoms with Gasteiger partial charge in [-0.3, -0.25) is 0 Å². The second-order valence-electron chi connectivity index (χ2n) is 6.52. The van der Waals surface area contributed by atoms with E-state index in [4.69, 9.17) is 4.43 Å². The van der Waals surface area contributed by atoms with E-state index in [9.17, 15) is 0 Å². The molecule has 0 bridgehead atoms.